The van der Waals surface area contributed by atoms with Gasteiger partial charge in [0.05, 0.1) is 17.9 Å². The van der Waals surface area contributed by atoms with Gasteiger partial charge in [-0.05, 0) is 29.8 Å². The van der Waals surface area contributed by atoms with Crippen molar-refractivity contribution in [3.8, 4) is 16.9 Å². The minimum atomic E-state index is -4.83. The van der Waals surface area contributed by atoms with E-state index in [9.17, 15) is 22.8 Å². The van der Waals surface area contributed by atoms with Gasteiger partial charge in [0.25, 0.3) is 0 Å². The number of pyridine rings is 1. The average Bonchev–Trinajstić information content (AvgIpc) is 2.73. The number of amides is 1. The van der Waals surface area contributed by atoms with Crippen molar-refractivity contribution in [1.82, 2.24) is 20.3 Å². The zero-order chi connectivity index (χ0) is 23.1. The summed E-state index contributed by atoms with van der Waals surface area (Å²) in [6.07, 6.45) is -0.517. The van der Waals surface area contributed by atoms with E-state index in [1.807, 2.05) is 0 Å². The van der Waals surface area contributed by atoms with Crippen LogP contribution >= 0.6 is 0 Å². The average molecular weight is 449 g/mol. The standard InChI is InChI=1S/C21H18F3N5O3.2H2/c1-13(30)20-18(29-19(31)11-26-10-16-5-6-25-12-28-16)8-15(9-27-20)14-3-2-4-17(7-14)32-21(22,23)24;;/h2-9,12,26H,10-11H2,1H3,(H,29,31);2*1H. The van der Waals surface area contributed by atoms with E-state index in [0.29, 0.717) is 23.4 Å². The molecule has 0 aliphatic carbocycles. The monoisotopic (exact) mass is 449 g/mol. The second-order valence-electron chi connectivity index (χ2n) is 6.60. The van der Waals surface area contributed by atoms with E-state index in [2.05, 4.69) is 30.3 Å². The second-order valence-corrected chi connectivity index (χ2v) is 6.60. The van der Waals surface area contributed by atoms with Crippen molar-refractivity contribution in [3.05, 3.63) is 66.5 Å². The molecule has 1 aromatic carbocycles. The van der Waals surface area contributed by atoms with E-state index >= 15 is 0 Å². The zero-order valence-corrected chi connectivity index (χ0v) is 16.8. The summed E-state index contributed by atoms with van der Waals surface area (Å²) < 4.78 is 41.4. The molecule has 0 atom stereocenters. The Morgan fingerprint density at radius 1 is 1.12 bits per heavy atom. The number of nitrogens with one attached hydrogen (secondary N) is 2. The minimum absolute atomic E-state index is 0. The summed E-state index contributed by atoms with van der Waals surface area (Å²) in [7, 11) is 0. The smallest absolute Gasteiger partial charge is 0.406 e. The van der Waals surface area contributed by atoms with Gasteiger partial charge in [-0.15, -0.1) is 13.2 Å². The molecule has 0 radical (unpaired) electrons. The van der Waals surface area contributed by atoms with Gasteiger partial charge in [0.2, 0.25) is 5.91 Å². The van der Waals surface area contributed by atoms with Gasteiger partial charge in [-0.2, -0.15) is 0 Å². The summed E-state index contributed by atoms with van der Waals surface area (Å²) >= 11 is 0. The lowest BCUT2D eigenvalue weighted by atomic mass is 10.1. The second kappa shape index (κ2) is 9.96. The predicted octanol–water partition coefficient (Wildman–Crippen LogP) is 3.86. The topological polar surface area (TPSA) is 106 Å². The van der Waals surface area contributed by atoms with Crippen LogP contribution in [0.2, 0.25) is 0 Å². The molecule has 1 amide bonds. The maximum atomic E-state index is 12.5. The minimum Gasteiger partial charge on any atom is -0.406 e. The van der Waals surface area contributed by atoms with E-state index in [1.54, 1.807) is 18.3 Å². The maximum absolute atomic E-state index is 12.5. The van der Waals surface area contributed by atoms with Gasteiger partial charge in [-0.1, -0.05) is 12.1 Å². The van der Waals surface area contributed by atoms with Crippen LogP contribution in [0.3, 0.4) is 0 Å². The van der Waals surface area contributed by atoms with Crippen LogP contribution < -0.4 is 15.4 Å². The Hall–Kier alpha value is -3.86. The molecule has 0 spiro atoms. The van der Waals surface area contributed by atoms with Crippen molar-refractivity contribution < 1.29 is 30.4 Å². The Labute approximate surface area is 183 Å². The van der Waals surface area contributed by atoms with Crippen LogP contribution in [-0.2, 0) is 11.3 Å². The molecule has 3 aromatic rings. The Bertz CT molecular complexity index is 1120. The number of Topliss-reactive ketones (excluding diaryl/α,β-unsaturated/α-hetero) is 1. The van der Waals surface area contributed by atoms with E-state index in [0.717, 1.165) is 0 Å². The number of anilines is 1. The quantitative estimate of drug-likeness (QED) is 0.503. The molecular formula is C21H22F3N5O3. The highest BCUT2D eigenvalue weighted by Crippen LogP contribution is 2.29. The molecule has 0 saturated carbocycles. The Balaban J connectivity index is 0.00000289. The molecule has 0 saturated heterocycles. The molecule has 0 unspecified atom stereocenters. The SMILES string of the molecule is CC(=O)c1ncc(-c2cccc(OC(F)(F)F)c2)cc1NC(=O)CNCc1ccncn1.[HH].[HH]. The number of ketones is 1. The number of halogens is 3. The molecule has 8 nitrogen and oxygen atoms in total. The van der Waals surface area contributed by atoms with Crippen LogP contribution in [-0.4, -0.2) is 39.5 Å². The van der Waals surface area contributed by atoms with Crippen LogP contribution in [0.1, 0.15) is 26.0 Å². The third-order valence-corrected chi connectivity index (χ3v) is 4.13. The van der Waals surface area contributed by atoms with Crippen LogP contribution in [0.15, 0.2) is 55.1 Å². The largest absolute Gasteiger partial charge is 0.573 e. The summed E-state index contributed by atoms with van der Waals surface area (Å²) in [5.41, 5.74) is 1.63. The number of carbonyl (C=O) groups is 2. The third kappa shape index (κ3) is 6.57. The number of aromatic nitrogens is 3. The highest BCUT2D eigenvalue weighted by Gasteiger charge is 2.31. The van der Waals surface area contributed by atoms with E-state index < -0.39 is 18.0 Å². The summed E-state index contributed by atoms with van der Waals surface area (Å²) in [5, 5.41) is 5.53. The van der Waals surface area contributed by atoms with E-state index in [-0.39, 0.29) is 26.6 Å². The predicted molar refractivity (Wildman–Crippen MR) is 113 cm³/mol. The number of carbonyl (C=O) groups excluding carboxylic acids is 2. The van der Waals surface area contributed by atoms with Crippen molar-refractivity contribution in [2.75, 3.05) is 11.9 Å². The van der Waals surface area contributed by atoms with Gasteiger partial charge >= 0.3 is 6.36 Å². The molecule has 3 rings (SSSR count). The van der Waals surface area contributed by atoms with Crippen LogP contribution in [0.4, 0.5) is 18.9 Å². The normalized spacial score (nSPS) is 11.1. The lowest BCUT2D eigenvalue weighted by Gasteiger charge is -2.13. The van der Waals surface area contributed by atoms with Gasteiger partial charge in [0.1, 0.15) is 17.8 Å². The first-order chi connectivity index (χ1) is 15.2. The molecule has 0 fully saturated rings. The molecule has 2 aromatic heterocycles. The van der Waals surface area contributed by atoms with Crippen LogP contribution in [0, 0.1) is 0 Å². The van der Waals surface area contributed by atoms with Crippen molar-refractivity contribution in [1.29, 1.82) is 0 Å². The number of rotatable bonds is 8. The number of hydrogen-bond donors (Lipinski definition) is 2. The summed E-state index contributed by atoms with van der Waals surface area (Å²) in [6.45, 7) is 1.56. The van der Waals surface area contributed by atoms with Gasteiger partial charge < -0.3 is 15.4 Å². The van der Waals surface area contributed by atoms with Crippen molar-refractivity contribution >= 4 is 17.4 Å². The first-order valence-corrected chi connectivity index (χ1v) is 9.34. The molecule has 32 heavy (non-hydrogen) atoms. The van der Waals surface area contributed by atoms with Crippen molar-refractivity contribution in [2.45, 2.75) is 19.8 Å². The molecule has 2 heterocycles. The summed E-state index contributed by atoms with van der Waals surface area (Å²) in [4.78, 5) is 36.2. The third-order valence-electron chi connectivity index (χ3n) is 4.13. The van der Waals surface area contributed by atoms with Gasteiger partial charge in [-0.25, -0.2) is 9.97 Å². The summed E-state index contributed by atoms with van der Waals surface area (Å²) in [6, 6.07) is 8.47. The van der Waals surface area contributed by atoms with Crippen LogP contribution in [0.25, 0.3) is 11.1 Å². The number of nitrogens with zero attached hydrogens (tertiary/aromatic N) is 3. The molecule has 11 heteroatoms. The van der Waals surface area contributed by atoms with Gasteiger partial charge in [-0.3, -0.25) is 14.6 Å². The number of benzene rings is 1. The molecular weight excluding hydrogens is 427 g/mol. The maximum Gasteiger partial charge on any atom is 0.573 e. The number of alkyl halides is 3. The van der Waals surface area contributed by atoms with Crippen molar-refractivity contribution in [2.24, 2.45) is 0 Å². The number of ether oxygens (including phenoxy) is 1. The molecule has 2 N–H and O–H groups in total. The zero-order valence-electron chi connectivity index (χ0n) is 16.8. The Morgan fingerprint density at radius 3 is 2.62 bits per heavy atom. The first-order valence-electron chi connectivity index (χ1n) is 9.34. The fraction of sp³-hybridized carbons (Fsp3) is 0.190. The first kappa shape index (κ1) is 22.8. The summed E-state index contributed by atoms with van der Waals surface area (Å²) in [5.74, 6) is -1.21. The molecule has 0 bridgehead atoms. The Kier molecular flexibility index (Phi) is 7.11. The van der Waals surface area contributed by atoms with Gasteiger partial charge in [0.15, 0.2) is 5.78 Å². The van der Waals surface area contributed by atoms with Gasteiger partial charge in [0, 0.05) is 34.3 Å². The molecule has 0 aliphatic heterocycles. The number of hydrogen-bond acceptors (Lipinski definition) is 7. The van der Waals surface area contributed by atoms with E-state index in [4.69, 9.17) is 0 Å². The Morgan fingerprint density at radius 2 is 1.94 bits per heavy atom. The molecule has 0 aliphatic rings. The highest BCUT2D eigenvalue weighted by atomic mass is 19.4. The lowest BCUT2D eigenvalue weighted by molar-refractivity contribution is -0.274. The van der Waals surface area contributed by atoms with Crippen LogP contribution in [0.5, 0.6) is 5.75 Å². The highest BCUT2D eigenvalue weighted by molar-refractivity contribution is 6.03. The molecule has 170 valence electrons. The fourth-order valence-electron chi connectivity index (χ4n) is 2.79. The van der Waals surface area contributed by atoms with Crippen molar-refractivity contribution in [3.63, 3.8) is 0 Å². The lowest BCUT2D eigenvalue weighted by Crippen LogP contribution is -2.28. The fourth-order valence-corrected chi connectivity index (χ4v) is 2.79. The van der Waals surface area contributed by atoms with E-state index in [1.165, 1.54) is 43.7 Å².